The van der Waals surface area contributed by atoms with Crippen LogP contribution in [0.25, 0.3) is 0 Å². The van der Waals surface area contributed by atoms with Gasteiger partial charge in [-0.25, -0.2) is 4.39 Å². The van der Waals surface area contributed by atoms with Crippen LogP contribution in [0.4, 0.5) is 4.39 Å². The summed E-state index contributed by atoms with van der Waals surface area (Å²) >= 11 is 9.38. The molecule has 5 heteroatoms. The summed E-state index contributed by atoms with van der Waals surface area (Å²) in [5, 5.41) is 0.496. The molecule has 0 aliphatic carbocycles. The predicted octanol–water partition coefficient (Wildman–Crippen LogP) is 4.84. The van der Waals surface area contributed by atoms with Crippen LogP contribution < -0.4 is 10.5 Å². The van der Waals surface area contributed by atoms with Gasteiger partial charge >= 0.3 is 0 Å². The molecule has 2 aromatic carbocycles. The van der Waals surface area contributed by atoms with Crippen molar-refractivity contribution in [1.29, 1.82) is 0 Å². The summed E-state index contributed by atoms with van der Waals surface area (Å²) in [6, 6.07) is 9.96. The van der Waals surface area contributed by atoms with E-state index in [1.807, 2.05) is 13.0 Å². The van der Waals surface area contributed by atoms with Crippen LogP contribution >= 0.6 is 27.5 Å². The Morgan fingerprint density at radius 3 is 2.65 bits per heavy atom. The topological polar surface area (TPSA) is 35.2 Å². The highest BCUT2D eigenvalue weighted by atomic mass is 79.9. The molecule has 1 atom stereocenters. The second-order valence-corrected chi connectivity index (χ2v) is 5.87. The van der Waals surface area contributed by atoms with Crippen molar-refractivity contribution in [2.75, 3.05) is 0 Å². The molecule has 20 heavy (non-hydrogen) atoms. The van der Waals surface area contributed by atoms with Crippen LogP contribution in [0.3, 0.4) is 0 Å². The minimum absolute atomic E-state index is 0.0827. The van der Waals surface area contributed by atoms with Gasteiger partial charge in [0.15, 0.2) is 0 Å². The summed E-state index contributed by atoms with van der Waals surface area (Å²) in [5.41, 5.74) is 7.45. The number of ether oxygens (including phenoxy) is 1. The normalized spacial score (nSPS) is 12.2. The number of nitrogens with two attached hydrogens (primary N) is 1. The monoisotopic (exact) mass is 357 g/mol. The first-order chi connectivity index (χ1) is 9.45. The van der Waals surface area contributed by atoms with E-state index in [2.05, 4.69) is 15.9 Å². The number of rotatable bonds is 4. The molecule has 2 nitrogen and oxygen atoms in total. The molecule has 106 valence electrons. The minimum atomic E-state index is -0.309. The molecule has 0 aliphatic rings. The maximum atomic E-state index is 13.2. The van der Waals surface area contributed by atoms with Crippen molar-refractivity contribution in [3.63, 3.8) is 0 Å². The van der Waals surface area contributed by atoms with Gasteiger partial charge in [-0.1, -0.05) is 33.6 Å². The lowest BCUT2D eigenvalue weighted by atomic mass is 10.1. The average Bonchev–Trinajstić information content (AvgIpc) is 2.36. The van der Waals surface area contributed by atoms with E-state index in [0.717, 1.165) is 11.1 Å². The summed E-state index contributed by atoms with van der Waals surface area (Å²) in [4.78, 5) is 0. The molecule has 0 bridgehead atoms. The van der Waals surface area contributed by atoms with Gasteiger partial charge in [0.05, 0.1) is 5.02 Å². The highest BCUT2D eigenvalue weighted by Crippen LogP contribution is 2.28. The van der Waals surface area contributed by atoms with Crippen LogP contribution in [0.5, 0.6) is 5.75 Å². The zero-order valence-corrected chi connectivity index (χ0v) is 13.2. The summed E-state index contributed by atoms with van der Waals surface area (Å²) in [7, 11) is 0. The number of hydrogen-bond acceptors (Lipinski definition) is 2. The van der Waals surface area contributed by atoms with Crippen molar-refractivity contribution >= 4 is 27.5 Å². The first-order valence-corrected chi connectivity index (χ1v) is 7.25. The lowest BCUT2D eigenvalue weighted by molar-refractivity contribution is 0.305. The van der Waals surface area contributed by atoms with Crippen molar-refractivity contribution in [1.82, 2.24) is 0 Å². The molecule has 0 saturated heterocycles. The third-order valence-electron chi connectivity index (χ3n) is 2.80. The standard InChI is InChI=1S/C15H14BrClFNO/c1-9(19)11-2-3-15(14(17)6-11)20-8-10-4-12(16)7-13(18)5-10/h2-7,9H,8,19H2,1H3/t9-/m1/s1. The van der Waals surface area contributed by atoms with Gasteiger partial charge in [0.2, 0.25) is 0 Å². The Hall–Kier alpha value is -1.10. The highest BCUT2D eigenvalue weighted by Gasteiger charge is 2.07. The summed E-state index contributed by atoms with van der Waals surface area (Å²) in [5.74, 6) is 0.243. The SMILES string of the molecule is C[C@@H](N)c1ccc(OCc2cc(F)cc(Br)c2)c(Cl)c1. The van der Waals surface area contributed by atoms with Gasteiger partial charge in [-0.15, -0.1) is 0 Å². The molecule has 0 fully saturated rings. The van der Waals surface area contributed by atoms with Crippen LogP contribution in [-0.4, -0.2) is 0 Å². The Balaban J connectivity index is 2.11. The van der Waals surface area contributed by atoms with Gasteiger partial charge < -0.3 is 10.5 Å². The van der Waals surface area contributed by atoms with Gasteiger partial charge in [-0.3, -0.25) is 0 Å². The number of hydrogen-bond donors (Lipinski definition) is 1. The van der Waals surface area contributed by atoms with Crippen molar-refractivity contribution in [2.24, 2.45) is 5.73 Å². The summed E-state index contributed by atoms with van der Waals surface area (Å²) < 4.78 is 19.5. The third kappa shape index (κ3) is 3.95. The Bertz CT molecular complexity index is 599. The average molecular weight is 359 g/mol. The molecule has 0 amide bonds. The van der Waals surface area contributed by atoms with Gasteiger partial charge in [0, 0.05) is 10.5 Å². The second-order valence-electron chi connectivity index (χ2n) is 4.54. The van der Waals surface area contributed by atoms with Crippen LogP contribution in [-0.2, 0) is 6.61 Å². The van der Waals surface area contributed by atoms with Gasteiger partial charge in [-0.2, -0.15) is 0 Å². The van der Waals surface area contributed by atoms with E-state index in [4.69, 9.17) is 22.1 Å². The maximum absolute atomic E-state index is 13.2. The van der Waals surface area contributed by atoms with E-state index in [1.165, 1.54) is 12.1 Å². The van der Waals surface area contributed by atoms with E-state index < -0.39 is 0 Å². The molecule has 0 saturated carbocycles. The first kappa shape index (κ1) is 15.3. The zero-order valence-electron chi connectivity index (χ0n) is 10.9. The number of benzene rings is 2. The van der Waals surface area contributed by atoms with Crippen molar-refractivity contribution < 1.29 is 9.13 Å². The minimum Gasteiger partial charge on any atom is -0.487 e. The predicted molar refractivity (Wildman–Crippen MR) is 82.5 cm³/mol. The molecule has 0 spiro atoms. The van der Waals surface area contributed by atoms with Gasteiger partial charge in [-0.05, 0) is 48.4 Å². The van der Waals surface area contributed by atoms with E-state index in [-0.39, 0.29) is 18.5 Å². The molecule has 0 unspecified atom stereocenters. The van der Waals surface area contributed by atoms with Gasteiger partial charge in [0.1, 0.15) is 18.2 Å². The van der Waals surface area contributed by atoms with Crippen molar-refractivity contribution in [3.8, 4) is 5.75 Å². The van der Waals surface area contributed by atoms with Crippen LogP contribution in [0.2, 0.25) is 5.02 Å². The van der Waals surface area contributed by atoms with Crippen LogP contribution in [0.15, 0.2) is 40.9 Å². The van der Waals surface area contributed by atoms with Gasteiger partial charge in [0.25, 0.3) is 0 Å². The zero-order chi connectivity index (χ0) is 14.7. The molecule has 0 aliphatic heterocycles. The van der Waals surface area contributed by atoms with Crippen LogP contribution in [0, 0.1) is 5.82 Å². The molecule has 2 N–H and O–H groups in total. The molecule has 2 rings (SSSR count). The summed E-state index contributed by atoms with van der Waals surface area (Å²) in [6.07, 6.45) is 0. The van der Waals surface area contributed by atoms with E-state index in [0.29, 0.717) is 15.2 Å². The number of halogens is 3. The first-order valence-electron chi connectivity index (χ1n) is 6.08. The van der Waals surface area contributed by atoms with E-state index >= 15 is 0 Å². The molecular formula is C15H14BrClFNO. The Kier molecular flexibility index (Phi) is 5.02. The fraction of sp³-hybridized carbons (Fsp3) is 0.200. The van der Waals surface area contributed by atoms with Crippen molar-refractivity contribution in [2.45, 2.75) is 19.6 Å². The fourth-order valence-corrected chi connectivity index (χ4v) is 2.53. The molecule has 2 aromatic rings. The smallest absolute Gasteiger partial charge is 0.138 e. The van der Waals surface area contributed by atoms with Crippen LogP contribution in [0.1, 0.15) is 24.1 Å². The molecule has 0 aromatic heterocycles. The molecule has 0 radical (unpaired) electrons. The Morgan fingerprint density at radius 1 is 1.30 bits per heavy atom. The quantitative estimate of drug-likeness (QED) is 0.848. The lowest BCUT2D eigenvalue weighted by Crippen LogP contribution is -2.05. The Morgan fingerprint density at radius 2 is 2.05 bits per heavy atom. The molecular weight excluding hydrogens is 345 g/mol. The summed E-state index contributed by atoms with van der Waals surface area (Å²) in [6.45, 7) is 2.13. The van der Waals surface area contributed by atoms with E-state index in [1.54, 1.807) is 18.2 Å². The fourth-order valence-electron chi connectivity index (χ4n) is 1.77. The molecule has 0 heterocycles. The largest absolute Gasteiger partial charge is 0.487 e. The maximum Gasteiger partial charge on any atom is 0.138 e. The highest BCUT2D eigenvalue weighted by molar-refractivity contribution is 9.10. The third-order valence-corrected chi connectivity index (χ3v) is 3.55. The lowest BCUT2D eigenvalue weighted by Gasteiger charge is -2.11. The van der Waals surface area contributed by atoms with Crippen molar-refractivity contribution in [3.05, 3.63) is 62.8 Å². The Labute approximate surface area is 130 Å². The second kappa shape index (κ2) is 6.57. The van der Waals surface area contributed by atoms with E-state index in [9.17, 15) is 4.39 Å².